The van der Waals surface area contributed by atoms with Crippen LogP contribution in [0, 0.1) is 0 Å². The third kappa shape index (κ3) is 20.3. The summed E-state index contributed by atoms with van der Waals surface area (Å²) in [4.78, 5) is 25.0. The number of hydrogen-bond acceptors (Lipinski definition) is 10. The number of esters is 2. The van der Waals surface area contributed by atoms with E-state index in [1.807, 2.05) is 0 Å². The van der Waals surface area contributed by atoms with Crippen molar-refractivity contribution in [1.29, 1.82) is 0 Å². The van der Waals surface area contributed by atoms with Crippen molar-refractivity contribution >= 4 is 51.6 Å². The Morgan fingerprint density at radius 1 is 0.757 bits per heavy atom. The molecule has 0 aromatic carbocycles. The van der Waals surface area contributed by atoms with Gasteiger partial charge in [-0.1, -0.05) is 78.1 Å². The number of hydrogen-bond donors (Lipinski definition) is 3. The van der Waals surface area contributed by atoms with E-state index in [1.54, 1.807) is 0 Å². The molecule has 12 heteroatoms. The molecule has 0 bridgehead atoms. The molecule has 0 aliphatic carbocycles. The van der Waals surface area contributed by atoms with E-state index in [0.29, 0.717) is 12.8 Å². The molecule has 0 heterocycles. The van der Waals surface area contributed by atoms with Crippen molar-refractivity contribution in [3.05, 3.63) is 0 Å². The number of rotatable bonds is 24. The van der Waals surface area contributed by atoms with Crippen molar-refractivity contribution in [2.75, 3.05) is 26.4 Å². The zero-order valence-electron chi connectivity index (χ0n) is 22.1. The summed E-state index contributed by atoms with van der Waals surface area (Å²) in [6.07, 6.45) is 7.68. The van der Waals surface area contributed by atoms with Gasteiger partial charge in [0, 0.05) is 6.42 Å². The van der Waals surface area contributed by atoms with Gasteiger partial charge in [-0.05, 0) is 12.8 Å². The summed E-state index contributed by atoms with van der Waals surface area (Å²) in [6, 6.07) is 0. The van der Waals surface area contributed by atoms with Crippen LogP contribution in [0.2, 0.25) is 0 Å². The number of carbonyl (C=O) groups excluding carboxylic acids is 2. The van der Waals surface area contributed by atoms with Crippen LogP contribution in [0.1, 0.15) is 104 Å². The molecule has 0 saturated heterocycles. The molecule has 0 saturated carbocycles. The normalized spacial score (nSPS) is 13.9. The Hall–Kier alpha value is -0.270. The third-order valence-electron chi connectivity index (χ3n) is 5.69. The predicted molar refractivity (Wildman–Crippen MR) is 143 cm³/mol. The first-order valence-electron chi connectivity index (χ1n) is 13.4. The van der Waals surface area contributed by atoms with Crippen molar-refractivity contribution in [1.82, 2.24) is 0 Å². The molecule has 3 unspecified atom stereocenters. The zero-order valence-corrected chi connectivity index (χ0v) is 22.9. The van der Waals surface area contributed by atoms with E-state index in [-0.39, 0.29) is 49.2 Å². The van der Waals surface area contributed by atoms with E-state index in [2.05, 4.69) is 13.8 Å². The average molecular weight is 565 g/mol. The molecule has 3 N–H and O–H groups in total. The van der Waals surface area contributed by atoms with Crippen molar-refractivity contribution in [3.63, 3.8) is 0 Å². The van der Waals surface area contributed by atoms with Crippen LogP contribution in [0.5, 0.6) is 0 Å². The summed E-state index contributed by atoms with van der Waals surface area (Å²) in [5.74, 6) is -1.99. The Morgan fingerprint density at radius 2 is 1.24 bits per heavy atom. The summed E-state index contributed by atoms with van der Waals surface area (Å²) < 4.78 is 40.9. The van der Waals surface area contributed by atoms with Crippen molar-refractivity contribution in [2.45, 2.75) is 121 Å². The number of aliphatic hydroxyl groups excluding tert-OH is 3. The van der Waals surface area contributed by atoms with Gasteiger partial charge >= 0.3 is 41.5 Å². The van der Waals surface area contributed by atoms with Crippen LogP contribution >= 0.6 is 0 Å². The van der Waals surface area contributed by atoms with Crippen LogP contribution in [-0.2, 0) is 33.4 Å². The molecule has 0 radical (unpaired) electrons. The van der Waals surface area contributed by atoms with Gasteiger partial charge in [0.05, 0.1) is 39.0 Å². The summed E-state index contributed by atoms with van der Waals surface area (Å²) in [6.45, 7) is 2.91. The van der Waals surface area contributed by atoms with Crippen molar-refractivity contribution in [3.8, 4) is 0 Å². The van der Waals surface area contributed by atoms with Crippen LogP contribution < -0.4 is 0 Å². The Bertz CT molecular complexity index is 674. The SMILES string of the molecule is CCCCCCCCOC(=O)CC(C(=O)OCCCCCCCC)S(=O)(=O)OC(CO)CC(O)CO.[NaH]. The van der Waals surface area contributed by atoms with Gasteiger partial charge < -0.3 is 24.8 Å². The van der Waals surface area contributed by atoms with Gasteiger partial charge in [-0.15, -0.1) is 0 Å². The maximum absolute atomic E-state index is 12.8. The van der Waals surface area contributed by atoms with Gasteiger partial charge in [-0.3, -0.25) is 13.8 Å². The molecule has 0 fully saturated rings. The molecule has 0 aliphatic heterocycles. The van der Waals surface area contributed by atoms with E-state index >= 15 is 0 Å². The van der Waals surface area contributed by atoms with Crippen LogP contribution in [0.3, 0.4) is 0 Å². The average Bonchev–Trinajstić information content (AvgIpc) is 2.85. The van der Waals surface area contributed by atoms with Crippen LogP contribution in [-0.4, -0.2) is 109 Å². The Morgan fingerprint density at radius 3 is 1.73 bits per heavy atom. The van der Waals surface area contributed by atoms with E-state index in [4.69, 9.17) is 18.8 Å². The summed E-state index contributed by atoms with van der Waals surface area (Å²) in [7, 11) is -4.71. The second-order valence-corrected chi connectivity index (χ2v) is 10.8. The van der Waals surface area contributed by atoms with Crippen LogP contribution in [0.4, 0.5) is 0 Å². The number of ether oxygens (including phenoxy) is 2. The summed E-state index contributed by atoms with van der Waals surface area (Å²) >= 11 is 0. The third-order valence-corrected chi connectivity index (χ3v) is 7.28. The first-order chi connectivity index (χ1) is 17.2. The van der Waals surface area contributed by atoms with E-state index in [9.17, 15) is 28.2 Å². The summed E-state index contributed by atoms with van der Waals surface area (Å²) in [5, 5.41) is 26.0. The minimum absolute atomic E-state index is 0. The van der Waals surface area contributed by atoms with E-state index < -0.39 is 59.1 Å². The van der Waals surface area contributed by atoms with E-state index in [0.717, 1.165) is 64.2 Å². The van der Waals surface area contributed by atoms with Gasteiger partial charge in [0.2, 0.25) is 0 Å². The van der Waals surface area contributed by atoms with Gasteiger partial charge in [-0.25, -0.2) is 0 Å². The molecule has 0 amide bonds. The topological polar surface area (TPSA) is 157 Å². The van der Waals surface area contributed by atoms with Gasteiger partial charge in [-0.2, -0.15) is 8.42 Å². The number of carbonyl (C=O) groups is 2. The second-order valence-electron chi connectivity index (χ2n) is 9.08. The molecule has 216 valence electrons. The number of aliphatic hydroxyl groups is 3. The standard InChI is InChI=1S/C25H48O10S.Na.H/c1-3-5-7-9-11-13-15-33-24(29)18-23(25(30)34-16-14-12-10-8-6-4-2)36(31,32)35-22(20-27)17-21(28)19-26;;/h21-23,26-28H,3-20H2,1-2H3;;. The molecular weight excluding hydrogens is 515 g/mol. The Kier molecular flexibility index (Phi) is 26.0. The Labute approximate surface area is 245 Å². The van der Waals surface area contributed by atoms with Crippen molar-refractivity contribution < 1.29 is 47.0 Å². The van der Waals surface area contributed by atoms with Gasteiger partial charge in [0.25, 0.3) is 10.1 Å². The predicted octanol–water partition coefficient (Wildman–Crippen LogP) is 2.35. The fraction of sp³-hybridized carbons (Fsp3) is 0.920. The molecule has 37 heavy (non-hydrogen) atoms. The van der Waals surface area contributed by atoms with Crippen LogP contribution in [0.15, 0.2) is 0 Å². The maximum atomic E-state index is 12.8. The monoisotopic (exact) mass is 564 g/mol. The molecular formula is C25H49NaO10S. The molecule has 0 spiro atoms. The fourth-order valence-electron chi connectivity index (χ4n) is 3.51. The molecule has 0 aromatic rings. The molecule has 10 nitrogen and oxygen atoms in total. The fourth-order valence-corrected chi connectivity index (χ4v) is 4.81. The molecule has 0 aromatic heterocycles. The molecule has 0 rings (SSSR count). The quantitative estimate of drug-likeness (QED) is 0.0688. The van der Waals surface area contributed by atoms with Crippen LogP contribution in [0.25, 0.3) is 0 Å². The molecule has 0 aliphatic rings. The zero-order chi connectivity index (χ0) is 27.2. The first kappa shape index (κ1) is 38.9. The van der Waals surface area contributed by atoms with Gasteiger partial charge in [0.1, 0.15) is 6.10 Å². The number of unbranched alkanes of at least 4 members (excludes halogenated alkanes) is 10. The molecule has 3 atom stereocenters. The van der Waals surface area contributed by atoms with E-state index in [1.165, 1.54) is 0 Å². The Balaban J connectivity index is 0. The van der Waals surface area contributed by atoms with Crippen molar-refractivity contribution in [2.24, 2.45) is 0 Å². The van der Waals surface area contributed by atoms with Gasteiger partial charge in [0.15, 0.2) is 5.25 Å². The minimum atomic E-state index is -4.71. The second kappa shape index (κ2) is 24.7. The first-order valence-corrected chi connectivity index (χ1v) is 14.8. The summed E-state index contributed by atoms with van der Waals surface area (Å²) in [5.41, 5.74) is 0.